The van der Waals surface area contributed by atoms with Crippen molar-refractivity contribution in [3.8, 4) is 5.75 Å². The number of thiophene rings is 1. The number of anilines is 1. The molecule has 0 saturated heterocycles. The molecule has 3 aromatic rings. The van der Waals surface area contributed by atoms with Crippen molar-refractivity contribution in [3.63, 3.8) is 0 Å². The van der Waals surface area contributed by atoms with Crippen molar-refractivity contribution in [1.82, 2.24) is 4.90 Å². The molecule has 178 valence electrons. The van der Waals surface area contributed by atoms with Crippen molar-refractivity contribution in [2.24, 2.45) is 0 Å². The van der Waals surface area contributed by atoms with Gasteiger partial charge in [0.25, 0.3) is 5.91 Å². The SMILES string of the molecule is CCOC(=O)c1c(NC(=O)COc2ccc3ccccc3c2)sc2c1CCN(C(=O)OCC)C2. The highest BCUT2D eigenvalue weighted by molar-refractivity contribution is 7.17. The second-order valence-corrected chi connectivity index (χ2v) is 8.75. The summed E-state index contributed by atoms with van der Waals surface area (Å²) in [5.41, 5.74) is 1.15. The van der Waals surface area contributed by atoms with Crippen LogP contribution in [0.25, 0.3) is 10.8 Å². The Hall–Kier alpha value is -3.59. The molecule has 0 bridgehead atoms. The van der Waals surface area contributed by atoms with Crippen LogP contribution >= 0.6 is 11.3 Å². The number of rotatable bonds is 7. The molecule has 1 N–H and O–H groups in total. The monoisotopic (exact) mass is 482 g/mol. The molecular formula is C25H26N2O6S. The molecule has 4 rings (SSSR count). The Bertz CT molecular complexity index is 1220. The molecule has 0 fully saturated rings. The highest BCUT2D eigenvalue weighted by Crippen LogP contribution is 2.38. The lowest BCUT2D eigenvalue weighted by Crippen LogP contribution is -2.36. The van der Waals surface area contributed by atoms with E-state index in [1.54, 1.807) is 18.7 Å². The van der Waals surface area contributed by atoms with Crippen molar-refractivity contribution in [1.29, 1.82) is 0 Å². The third kappa shape index (κ3) is 5.14. The van der Waals surface area contributed by atoms with E-state index in [-0.39, 0.29) is 19.1 Å². The van der Waals surface area contributed by atoms with Gasteiger partial charge in [-0.2, -0.15) is 0 Å². The van der Waals surface area contributed by atoms with E-state index in [1.165, 1.54) is 11.3 Å². The number of carbonyl (C=O) groups is 3. The van der Waals surface area contributed by atoms with E-state index >= 15 is 0 Å². The minimum absolute atomic E-state index is 0.210. The molecular weight excluding hydrogens is 456 g/mol. The van der Waals surface area contributed by atoms with Gasteiger partial charge in [0.2, 0.25) is 0 Å². The van der Waals surface area contributed by atoms with Crippen LogP contribution in [0.1, 0.15) is 34.6 Å². The average Bonchev–Trinajstić information content (AvgIpc) is 3.19. The van der Waals surface area contributed by atoms with Crippen LogP contribution in [0.4, 0.5) is 9.80 Å². The minimum Gasteiger partial charge on any atom is -0.484 e. The summed E-state index contributed by atoms with van der Waals surface area (Å²) in [5.74, 6) is -0.301. The summed E-state index contributed by atoms with van der Waals surface area (Å²) in [6, 6.07) is 13.5. The Labute approximate surface area is 201 Å². The maximum Gasteiger partial charge on any atom is 0.410 e. The predicted molar refractivity (Wildman–Crippen MR) is 129 cm³/mol. The first kappa shape index (κ1) is 23.6. The first-order valence-corrected chi connectivity index (χ1v) is 12.0. The Morgan fingerprint density at radius 2 is 1.79 bits per heavy atom. The van der Waals surface area contributed by atoms with E-state index < -0.39 is 12.1 Å². The molecule has 2 heterocycles. The Morgan fingerprint density at radius 1 is 1.03 bits per heavy atom. The zero-order valence-corrected chi connectivity index (χ0v) is 19.9. The Morgan fingerprint density at radius 3 is 2.56 bits per heavy atom. The van der Waals surface area contributed by atoms with Crippen LogP contribution < -0.4 is 10.1 Å². The molecule has 1 aromatic heterocycles. The van der Waals surface area contributed by atoms with Gasteiger partial charge >= 0.3 is 12.1 Å². The predicted octanol–water partition coefficient (Wildman–Crippen LogP) is 4.61. The summed E-state index contributed by atoms with van der Waals surface area (Å²) < 4.78 is 16.0. The van der Waals surface area contributed by atoms with Crippen LogP contribution in [-0.2, 0) is 27.2 Å². The quantitative estimate of drug-likeness (QED) is 0.494. The van der Waals surface area contributed by atoms with Gasteiger partial charge in [0.1, 0.15) is 10.8 Å². The fourth-order valence-corrected chi connectivity index (χ4v) is 5.12. The van der Waals surface area contributed by atoms with Gasteiger partial charge in [-0.25, -0.2) is 9.59 Å². The molecule has 8 nitrogen and oxygen atoms in total. The molecule has 34 heavy (non-hydrogen) atoms. The summed E-state index contributed by atoms with van der Waals surface area (Å²) >= 11 is 1.27. The molecule has 0 saturated carbocycles. The van der Waals surface area contributed by atoms with E-state index in [0.717, 1.165) is 21.2 Å². The van der Waals surface area contributed by atoms with Crippen LogP contribution in [0.3, 0.4) is 0 Å². The number of amides is 2. The first-order valence-electron chi connectivity index (χ1n) is 11.1. The van der Waals surface area contributed by atoms with E-state index in [4.69, 9.17) is 14.2 Å². The lowest BCUT2D eigenvalue weighted by molar-refractivity contribution is -0.118. The second-order valence-electron chi connectivity index (χ2n) is 7.64. The fraction of sp³-hybridized carbons (Fsp3) is 0.320. The molecule has 1 aliphatic heterocycles. The van der Waals surface area contributed by atoms with Gasteiger partial charge in [0, 0.05) is 11.4 Å². The van der Waals surface area contributed by atoms with Crippen molar-refractivity contribution in [3.05, 3.63) is 58.5 Å². The van der Waals surface area contributed by atoms with Gasteiger partial charge in [0.15, 0.2) is 6.61 Å². The molecule has 2 aromatic carbocycles. The van der Waals surface area contributed by atoms with Gasteiger partial charge in [-0.15, -0.1) is 11.3 Å². The highest BCUT2D eigenvalue weighted by Gasteiger charge is 2.31. The summed E-state index contributed by atoms with van der Waals surface area (Å²) in [6.07, 6.45) is 0.0796. The van der Waals surface area contributed by atoms with Gasteiger partial charge in [-0.1, -0.05) is 30.3 Å². The fourth-order valence-electron chi connectivity index (χ4n) is 3.85. The first-order chi connectivity index (χ1) is 16.5. The molecule has 2 amide bonds. The number of carbonyl (C=O) groups excluding carboxylic acids is 3. The normalized spacial score (nSPS) is 12.7. The topological polar surface area (TPSA) is 94.2 Å². The number of nitrogens with zero attached hydrogens (tertiary/aromatic N) is 1. The number of benzene rings is 2. The van der Waals surface area contributed by atoms with Crippen molar-refractivity contribution in [2.75, 3.05) is 31.7 Å². The van der Waals surface area contributed by atoms with Crippen LogP contribution in [0.15, 0.2) is 42.5 Å². The number of nitrogens with one attached hydrogen (secondary N) is 1. The smallest absolute Gasteiger partial charge is 0.410 e. The van der Waals surface area contributed by atoms with Gasteiger partial charge < -0.3 is 24.4 Å². The third-order valence-electron chi connectivity index (χ3n) is 5.41. The average molecular weight is 483 g/mol. The van der Waals surface area contributed by atoms with Crippen molar-refractivity contribution in [2.45, 2.75) is 26.8 Å². The molecule has 0 aliphatic carbocycles. The van der Waals surface area contributed by atoms with Crippen LogP contribution in [0, 0.1) is 0 Å². The summed E-state index contributed by atoms with van der Waals surface area (Å²) in [4.78, 5) is 39.9. The molecule has 0 radical (unpaired) electrons. The van der Waals surface area contributed by atoms with E-state index in [9.17, 15) is 14.4 Å². The summed E-state index contributed by atoms with van der Waals surface area (Å²) in [5, 5.41) is 5.31. The molecule has 0 spiro atoms. The van der Waals surface area contributed by atoms with Crippen molar-refractivity contribution < 1.29 is 28.6 Å². The van der Waals surface area contributed by atoms with E-state index in [1.807, 2.05) is 42.5 Å². The van der Waals surface area contributed by atoms with Crippen LogP contribution in [-0.4, -0.2) is 49.2 Å². The standard InChI is InChI=1S/C25H26N2O6S/c1-3-31-24(29)22-19-11-12-27(25(30)32-4-2)14-20(19)34-23(22)26-21(28)15-33-18-10-9-16-7-5-6-8-17(16)13-18/h5-10,13H,3-4,11-12,14-15H2,1-2H3,(H,26,28). The number of esters is 1. The Kier molecular flexibility index (Phi) is 7.32. The van der Waals surface area contributed by atoms with Crippen molar-refractivity contribution >= 4 is 45.1 Å². The maximum atomic E-state index is 12.7. The molecule has 0 atom stereocenters. The van der Waals surface area contributed by atoms with Gasteiger partial charge in [0.05, 0.1) is 25.3 Å². The summed E-state index contributed by atoms with van der Waals surface area (Å²) in [7, 11) is 0. The zero-order chi connectivity index (χ0) is 24.1. The molecule has 1 aliphatic rings. The Balaban J connectivity index is 1.49. The van der Waals surface area contributed by atoms with Gasteiger partial charge in [-0.3, -0.25) is 4.79 Å². The van der Waals surface area contributed by atoms with Gasteiger partial charge in [-0.05, 0) is 48.7 Å². The van der Waals surface area contributed by atoms with E-state index in [0.29, 0.717) is 42.4 Å². The maximum absolute atomic E-state index is 12.7. The van der Waals surface area contributed by atoms with Crippen LogP contribution in [0.5, 0.6) is 5.75 Å². The zero-order valence-electron chi connectivity index (χ0n) is 19.1. The lowest BCUT2D eigenvalue weighted by Gasteiger charge is -2.26. The highest BCUT2D eigenvalue weighted by atomic mass is 32.1. The molecule has 0 unspecified atom stereocenters. The molecule has 9 heteroatoms. The van der Waals surface area contributed by atoms with E-state index in [2.05, 4.69) is 5.32 Å². The summed E-state index contributed by atoms with van der Waals surface area (Å²) in [6.45, 7) is 4.52. The number of hydrogen-bond donors (Lipinski definition) is 1. The van der Waals surface area contributed by atoms with Crippen LogP contribution in [0.2, 0.25) is 0 Å². The minimum atomic E-state index is -0.490. The third-order valence-corrected chi connectivity index (χ3v) is 6.54. The second kappa shape index (κ2) is 10.6. The lowest BCUT2D eigenvalue weighted by atomic mass is 10.0. The number of ether oxygens (including phenoxy) is 3. The largest absolute Gasteiger partial charge is 0.484 e. The number of fused-ring (bicyclic) bond motifs is 2. The number of hydrogen-bond acceptors (Lipinski definition) is 7.